The molecule has 182 valence electrons. The van der Waals surface area contributed by atoms with Gasteiger partial charge in [-0.1, -0.05) is 0 Å². The molecule has 3 aromatic rings. The first kappa shape index (κ1) is 25.0. The Morgan fingerprint density at radius 1 is 0.647 bits per heavy atom. The maximum Gasteiger partial charge on any atom is 0.264 e. The number of hydrogen-bond acceptors (Lipinski definition) is 7. The molecule has 3 rings (SSSR count). The SMILES string of the molecule is COc1ccc(S(=O)(=O)N(c2ccc(OC)c(OC)c2)C(C)c2cc(OC)ccc2OC)cc1. The smallest absolute Gasteiger partial charge is 0.264 e. The minimum atomic E-state index is -4.03. The van der Waals surface area contributed by atoms with Crippen molar-refractivity contribution in [2.75, 3.05) is 39.9 Å². The van der Waals surface area contributed by atoms with E-state index in [1.165, 1.54) is 44.9 Å². The lowest BCUT2D eigenvalue weighted by atomic mass is 10.1. The summed E-state index contributed by atoms with van der Waals surface area (Å²) in [4.78, 5) is 0.108. The molecule has 0 amide bonds. The van der Waals surface area contributed by atoms with Crippen molar-refractivity contribution in [2.24, 2.45) is 0 Å². The fourth-order valence-electron chi connectivity index (χ4n) is 3.69. The van der Waals surface area contributed by atoms with Crippen molar-refractivity contribution in [1.29, 1.82) is 0 Å². The molecule has 0 N–H and O–H groups in total. The molecule has 8 nitrogen and oxygen atoms in total. The van der Waals surface area contributed by atoms with Gasteiger partial charge >= 0.3 is 0 Å². The fraction of sp³-hybridized carbons (Fsp3) is 0.280. The van der Waals surface area contributed by atoms with E-state index in [0.717, 1.165) is 0 Å². The standard InChI is InChI=1S/C25H29NO7S/c1-17(22-16-20(30-3)10-14-23(22)31-4)26(18-7-13-24(32-5)25(15-18)33-6)34(27,28)21-11-8-19(29-2)9-12-21/h7-17H,1-6H3. The predicted molar refractivity (Wildman–Crippen MR) is 130 cm³/mol. The molecular formula is C25H29NO7S. The van der Waals surface area contributed by atoms with Crippen molar-refractivity contribution >= 4 is 15.7 Å². The number of ether oxygens (including phenoxy) is 5. The van der Waals surface area contributed by atoms with Gasteiger partial charge in [-0.3, -0.25) is 4.31 Å². The highest BCUT2D eigenvalue weighted by Crippen LogP contribution is 2.41. The Kier molecular flexibility index (Phi) is 7.78. The molecule has 0 aliphatic carbocycles. The number of anilines is 1. The number of rotatable bonds is 10. The highest BCUT2D eigenvalue weighted by molar-refractivity contribution is 7.92. The normalized spacial score (nSPS) is 11.9. The minimum absolute atomic E-state index is 0.108. The quantitative estimate of drug-likeness (QED) is 0.410. The van der Waals surface area contributed by atoms with E-state index in [4.69, 9.17) is 23.7 Å². The third kappa shape index (κ3) is 4.84. The first-order valence-corrected chi connectivity index (χ1v) is 11.9. The molecule has 9 heteroatoms. The minimum Gasteiger partial charge on any atom is -0.497 e. The van der Waals surface area contributed by atoms with Crippen molar-refractivity contribution < 1.29 is 32.1 Å². The largest absolute Gasteiger partial charge is 0.497 e. The number of benzene rings is 3. The molecule has 0 radical (unpaired) electrons. The van der Waals surface area contributed by atoms with Crippen LogP contribution in [0.25, 0.3) is 0 Å². The van der Waals surface area contributed by atoms with Crippen molar-refractivity contribution in [3.63, 3.8) is 0 Å². The summed E-state index contributed by atoms with van der Waals surface area (Å²) in [6.07, 6.45) is 0. The Hall–Kier alpha value is -3.59. The van der Waals surface area contributed by atoms with Gasteiger partial charge in [-0.2, -0.15) is 0 Å². The first-order chi connectivity index (χ1) is 16.3. The van der Waals surface area contributed by atoms with Gasteiger partial charge < -0.3 is 23.7 Å². The first-order valence-electron chi connectivity index (χ1n) is 10.4. The highest BCUT2D eigenvalue weighted by atomic mass is 32.2. The van der Waals surface area contributed by atoms with Gasteiger partial charge in [0.25, 0.3) is 10.0 Å². The molecule has 0 heterocycles. The van der Waals surface area contributed by atoms with Crippen LogP contribution in [-0.4, -0.2) is 44.0 Å². The summed E-state index contributed by atoms with van der Waals surface area (Å²) in [7, 11) is 3.60. The Morgan fingerprint density at radius 2 is 1.21 bits per heavy atom. The van der Waals surface area contributed by atoms with Crippen LogP contribution in [0.5, 0.6) is 28.7 Å². The van der Waals surface area contributed by atoms with Crippen LogP contribution < -0.4 is 28.0 Å². The van der Waals surface area contributed by atoms with Gasteiger partial charge in [0.05, 0.1) is 52.2 Å². The van der Waals surface area contributed by atoms with E-state index < -0.39 is 16.1 Å². The van der Waals surface area contributed by atoms with E-state index in [0.29, 0.717) is 40.0 Å². The highest BCUT2D eigenvalue weighted by Gasteiger charge is 2.33. The summed E-state index contributed by atoms with van der Waals surface area (Å²) in [5, 5.41) is 0. The third-order valence-electron chi connectivity index (χ3n) is 5.48. The Morgan fingerprint density at radius 3 is 1.76 bits per heavy atom. The van der Waals surface area contributed by atoms with E-state index in [2.05, 4.69) is 0 Å². The molecule has 34 heavy (non-hydrogen) atoms. The van der Waals surface area contributed by atoms with E-state index >= 15 is 0 Å². The summed E-state index contributed by atoms with van der Waals surface area (Å²) in [6, 6.07) is 15.8. The molecule has 0 aromatic heterocycles. The maximum atomic E-state index is 14.0. The van der Waals surface area contributed by atoms with Crippen LogP contribution in [0.2, 0.25) is 0 Å². The maximum absolute atomic E-state index is 14.0. The molecule has 0 saturated heterocycles. The van der Waals surface area contributed by atoms with E-state index in [9.17, 15) is 8.42 Å². The molecule has 0 fully saturated rings. The van der Waals surface area contributed by atoms with Crippen molar-refractivity contribution in [3.05, 3.63) is 66.2 Å². The van der Waals surface area contributed by atoms with Gasteiger partial charge in [0.15, 0.2) is 11.5 Å². The van der Waals surface area contributed by atoms with Crippen LogP contribution >= 0.6 is 0 Å². The molecule has 0 bridgehead atoms. The van der Waals surface area contributed by atoms with Crippen LogP contribution in [0.15, 0.2) is 65.6 Å². The van der Waals surface area contributed by atoms with Crippen molar-refractivity contribution in [1.82, 2.24) is 0 Å². The summed E-state index contributed by atoms with van der Waals surface area (Å²) in [6.45, 7) is 1.79. The molecule has 0 aliphatic rings. The summed E-state index contributed by atoms with van der Waals surface area (Å²) in [5.41, 5.74) is 1.03. The lowest BCUT2D eigenvalue weighted by Crippen LogP contribution is -2.34. The lowest BCUT2D eigenvalue weighted by molar-refractivity contribution is 0.355. The van der Waals surface area contributed by atoms with Crippen LogP contribution in [0, 0.1) is 0 Å². The van der Waals surface area contributed by atoms with Crippen LogP contribution in [-0.2, 0) is 10.0 Å². The van der Waals surface area contributed by atoms with Crippen LogP contribution in [0.1, 0.15) is 18.5 Å². The molecule has 0 spiro atoms. The van der Waals surface area contributed by atoms with Gasteiger partial charge in [-0.05, 0) is 61.5 Å². The monoisotopic (exact) mass is 487 g/mol. The zero-order valence-electron chi connectivity index (χ0n) is 20.1. The molecular weight excluding hydrogens is 458 g/mol. The second kappa shape index (κ2) is 10.6. The van der Waals surface area contributed by atoms with Gasteiger partial charge in [0.2, 0.25) is 0 Å². The topological polar surface area (TPSA) is 83.5 Å². The van der Waals surface area contributed by atoms with E-state index in [-0.39, 0.29) is 4.90 Å². The van der Waals surface area contributed by atoms with Crippen molar-refractivity contribution in [2.45, 2.75) is 17.9 Å². The number of sulfonamides is 1. The molecule has 3 aromatic carbocycles. The van der Waals surface area contributed by atoms with Gasteiger partial charge in [0.1, 0.15) is 17.2 Å². The Labute approximate surface area is 200 Å². The molecule has 1 atom stereocenters. The Balaban J connectivity index is 2.24. The molecule has 1 unspecified atom stereocenters. The average Bonchev–Trinajstić information content (AvgIpc) is 2.87. The Bertz CT molecular complexity index is 1230. The molecule has 0 aliphatic heterocycles. The zero-order valence-corrected chi connectivity index (χ0v) is 20.9. The third-order valence-corrected chi connectivity index (χ3v) is 7.39. The zero-order chi connectivity index (χ0) is 24.9. The number of methoxy groups -OCH3 is 5. The van der Waals surface area contributed by atoms with Crippen LogP contribution in [0.4, 0.5) is 5.69 Å². The van der Waals surface area contributed by atoms with Crippen LogP contribution in [0.3, 0.4) is 0 Å². The number of nitrogens with zero attached hydrogens (tertiary/aromatic N) is 1. The summed E-state index contributed by atoms with van der Waals surface area (Å²) in [5.74, 6) is 2.55. The summed E-state index contributed by atoms with van der Waals surface area (Å²) < 4.78 is 56.2. The predicted octanol–water partition coefficient (Wildman–Crippen LogP) is 4.69. The lowest BCUT2D eigenvalue weighted by Gasteiger charge is -2.32. The average molecular weight is 488 g/mol. The van der Waals surface area contributed by atoms with E-state index in [1.807, 2.05) is 0 Å². The summed E-state index contributed by atoms with van der Waals surface area (Å²) >= 11 is 0. The van der Waals surface area contributed by atoms with Gasteiger partial charge in [-0.25, -0.2) is 8.42 Å². The second-order valence-corrected chi connectivity index (χ2v) is 9.11. The van der Waals surface area contributed by atoms with Crippen molar-refractivity contribution in [3.8, 4) is 28.7 Å². The fourth-order valence-corrected chi connectivity index (χ4v) is 5.31. The molecule has 0 saturated carbocycles. The van der Waals surface area contributed by atoms with E-state index in [1.54, 1.807) is 62.6 Å². The number of hydrogen-bond donors (Lipinski definition) is 0. The van der Waals surface area contributed by atoms with Gasteiger partial charge in [-0.15, -0.1) is 0 Å². The van der Waals surface area contributed by atoms with Gasteiger partial charge in [0, 0.05) is 11.6 Å². The second-order valence-electron chi connectivity index (χ2n) is 7.30.